The monoisotopic (exact) mass is 292 g/mol. The molecule has 2 heterocycles. The summed E-state index contributed by atoms with van der Waals surface area (Å²) in [6.07, 6.45) is 4.86. The normalized spacial score (nSPS) is 10.0. The Morgan fingerprint density at radius 2 is 2.05 bits per heavy atom. The van der Waals surface area contributed by atoms with Gasteiger partial charge in [0.1, 0.15) is 18.0 Å². The predicted molar refractivity (Wildman–Crippen MR) is 83.7 cm³/mol. The Morgan fingerprint density at radius 1 is 1.14 bits per heavy atom. The molecule has 5 heteroatoms. The van der Waals surface area contributed by atoms with Crippen molar-refractivity contribution in [2.75, 3.05) is 11.9 Å². The third-order valence-corrected chi connectivity index (χ3v) is 3.02. The Hall–Kier alpha value is -3.00. The molecule has 0 aliphatic heterocycles. The fourth-order valence-corrected chi connectivity index (χ4v) is 2.03. The highest BCUT2D eigenvalue weighted by molar-refractivity contribution is 5.88. The summed E-state index contributed by atoms with van der Waals surface area (Å²) in [5.41, 5.74) is 1.48. The number of rotatable bonds is 3. The largest absolute Gasteiger partial charge is 0.368 e. The van der Waals surface area contributed by atoms with E-state index in [-0.39, 0.29) is 5.82 Å². The Balaban J connectivity index is 1.62. The molecule has 4 nitrogen and oxygen atoms in total. The minimum Gasteiger partial charge on any atom is -0.368 e. The molecule has 1 N–H and O–H groups in total. The predicted octanol–water partition coefficient (Wildman–Crippen LogP) is 3.02. The van der Waals surface area contributed by atoms with Crippen molar-refractivity contribution in [3.05, 3.63) is 60.4 Å². The number of nitrogens with one attached hydrogen (secondary N) is 1. The van der Waals surface area contributed by atoms with E-state index < -0.39 is 0 Å². The van der Waals surface area contributed by atoms with Gasteiger partial charge in [-0.2, -0.15) is 0 Å². The van der Waals surface area contributed by atoms with E-state index in [1.165, 1.54) is 12.4 Å². The SMILES string of the molecule is Fc1cncc(C#CCCNc2ncnc3ccccc23)c1. The molecule has 0 radical (unpaired) electrons. The lowest BCUT2D eigenvalue weighted by molar-refractivity contribution is 0.621. The summed E-state index contributed by atoms with van der Waals surface area (Å²) in [6.45, 7) is 0.650. The van der Waals surface area contributed by atoms with Crippen molar-refractivity contribution in [3.63, 3.8) is 0 Å². The molecule has 0 fully saturated rings. The molecule has 0 spiro atoms. The maximum Gasteiger partial charge on any atom is 0.142 e. The third-order valence-electron chi connectivity index (χ3n) is 3.02. The Labute approximate surface area is 127 Å². The number of nitrogens with zero attached hydrogens (tertiary/aromatic N) is 3. The molecular weight excluding hydrogens is 279 g/mol. The molecule has 108 valence electrons. The highest BCUT2D eigenvalue weighted by Gasteiger charge is 2.00. The number of halogens is 1. The summed E-state index contributed by atoms with van der Waals surface area (Å²) in [4.78, 5) is 12.2. The van der Waals surface area contributed by atoms with Crippen molar-refractivity contribution in [3.8, 4) is 11.8 Å². The van der Waals surface area contributed by atoms with Gasteiger partial charge in [-0.1, -0.05) is 24.0 Å². The van der Waals surface area contributed by atoms with E-state index in [1.807, 2.05) is 24.3 Å². The smallest absolute Gasteiger partial charge is 0.142 e. The molecule has 3 rings (SSSR count). The molecule has 0 bridgehead atoms. The summed E-state index contributed by atoms with van der Waals surface area (Å²) >= 11 is 0. The first kappa shape index (κ1) is 14.0. The van der Waals surface area contributed by atoms with Gasteiger partial charge in [-0.15, -0.1) is 0 Å². The number of para-hydroxylation sites is 1. The van der Waals surface area contributed by atoms with Crippen LogP contribution in [-0.4, -0.2) is 21.5 Å². The second-order valence-electron chi connectivity index (χ2n) is 4.61. The van der Waals surface area contributed by atoms with E-state index in [4.69, 9.17) is 0 Å². The first-order valence-electron chi connectivity index (χ1n) is 6.86. The summed E-state index contributed by atoms with van der Waals surface area (Å²) in [7, 11) is 0. The highest BCUT2D eigenvalue weighted by atomic mass is 19.1. The van der Waals surface area contributed by atoms with Crippen molar-refractivity contribution in [1.29, 1.82) is 0 Å². The first-order chi connectivity index (χ1) is 10.8. The van der Waals surface area contributed by atoms with Crippen LogP contribution in [-0.2, 0) is 0 Å². The van der Waals surface area contributed by atoms with Crippen LogP contribution < -0.4 is 5.32 Å². The molecule has 0 atom stereocenters. The minimum absolute atomic E-state index is 0.377. The molecule has 0 amide bonds. The van der Waals surface area contributed by atoms with Crippen LogP contribution in [0.2, 0.25) is 0 Å². The Bertz CT molecular complexity index is 846. The fraction of sp³-hybridized carbons (Fsp3) is 0.118. The van der Waals surface area contributed by atoms with Crippen LogP contribution in [0, 0.1) is 17.7 Å². The molecule has 1 aromatic carbocycles. The average Bonchev–Trinajstić information content (AvgIpc) is 2.55. The topological polar surface area (TPSA) is 50.7 Å². The molecule has 0 unspecified atom stereocenters. The van der Waals surface area contributed by atoms with Crippen LogP contribution in [0.25, 0.3) is 10.9 Å². The standard InChI is InChI=1S/C17H13FN4/c18-14-9-13(10-19-11-14)5-3-4-8-20-17-15-6-1-2-7-16(15)21-12-22-17/h1-2,6-7,9-12H,4,8H2,(H,20,21,22). The van der Waals surface area contributed by atoms with Gasteiger partial charge in [0.2, 0.25) is 0 Å². The fourth-order valence-electron chi connectivity index (χ4n) is 2.03. The van der Waals surface area contributed by atoms with Gasteiger partial charge >= 0.3 is 0 Å². The molecular formula is C17H13FN4. The molecule has 22 heavy (non-hydrogen) atoms. The van der Waals surface area contributed by atoms with Crippen LogP contribution in [0.1, 0.15) is 12.0 Å². The lowest BCUT2D eigenvalue weighted by atomic mass is 10.2. The number of anilines is 1. The minimum atomic E-state index is -0.377. The van der Waals surface area contributed by atoms with Gasteiger partial charge in [-0.3, -0.25) is 4.98 Å². The van der Waals surface area contributed by atoms with Gasteiger partial charge in [0.15, 0.2) is 0 Å². The Morgan fingerprint density at radius 3 is 2.95 bits per heavy atom. The van der Waals surface area contributed by atoms with Crippen LogP contribution in [0.4, 0.5) is 10.2 Å². The zero-order valence-electron chi connectivity index (χ0n) is 11.8. The van der Waals surface area contributed by atoms with Crippen LogP contribution in [0.15, 0.2) is 49.1 Å². The average molecular weight is 292 g/mol. The van der Waals surface area contributed by atoms with Gasteiger partial charge in [-0.25, -0.2) is 14.4 Å². The van der Waals surface area contributed by atoms with Gasteiger partial charge in [0.05, 0.1) is 11.7 Å². The van der Waals surface area contributed by atoms with Gasteiger partial charge < -0.3 is 5.32 Å². The summed E-state index contributed by atoms with van der Waals surface area (Å²) in [5, 5.41) is 4.22. The van der Waals surface area contributed by atoms with Gasteiger partial charge in [-0.05, 0) is 18.2 Å². The van der Waals surface area contributed by atoms with E-state index in [0.717, 1.165) is 22.9 Å². The number of hydrogen-bond donors (Lipinski definition) is 1. The summed E-state index contributed by atoms with van der Waals surface area (Å²) in [6, 6.07) is 9.18. The number of aromatic nitrogens is 3. The molecule has 2 aromatic heterocycles. The quantitative estimate of drug-likeness (QED) is 0.595. The zero-order chi connectivity index (χ0) is 15.2. The van der Waals surface area contributed by atoms with Crippen molar-refractivity contribution < 1.29 is 4.39 Å². The van der Waals surface area contributed by atoms with E-state index in [1.54, 1.807) is 6.20 Å². The van der Waals surface area contributed by atoms with Gasteiger partial charge in [0.25, 0.3) is 0 Å². The van der Waals surface area contributed by atoms with Crippen molar-refractivity contribution >= 4 is 16.7 Å². The van der Waals surface area contributed by atoms with Crippen LogP contribution in [0.3, 0.4) is 0 Å². The number of benzene rings is 1. The van der Waals surface area contributed by atoms with Crippen molar-refractivity contribution in [2.24, 2.45) is 0 Å². The maximum absolute atomic E-state index is 13.0. The molecule has 0 saturated heterocycles. The zero-order valence-corrected chi connectivity index (χ0v) is 11.8. The summed E-state index contributed by atoms with van der Waals surface area (Å²) < 4.78 is 13.0. The number of fused-ring (bicyclic) bond motifs is 1. The number of hydrogen-bond acceptors (Lipinski definition) is 4. The molecule has 0 saturated carbocycles. The molecule has 0 aliphatic rings. The van der Waals surface area contributed by atoms with Crippen molar-refractivity contribution in [2.45, 2.75) is 6.42 Å². The lowest BCUT2D eigenvalue weighted by Crippen LogP contribution is -2.03. The van der Waals surface area contributed by atoms with E-state index >= 15 is 0 Å². The van der Waals surface area contributed by atoms with E-state index in [9.17, 15) is 4.39 Å². The Kier molecular flexibility index (Phi) is 4.21. The molecule has 3 aromatic rings. The van der Waals surface area contributed by atoms with E-state index in [2.05, 4.69) is 32.1 Å². The summed E-state index contributed by atoms with van der Waals surface area (Å²) in [5.74, 6) is 6.28. The van der Waals surface area contributed by atoms with Crippen molar-refractivity contribution in [1.82, 2.24) is 15.0 Å². The lowest BCUT2D eigenvalue weighted by Gasteiger charge is -2.05. The second kappa shape index (κ2) is 6.64. The number of pyridine rings is 1. The van der Waals surface area contributed by atoms with Gasteiger partial charge in [0, 0.05) is 30.1 Å². The van der Waals surface area contributed by atoms with Crippen LogP contribution in [0.5, 0.6) is 0 Å². The maximum atomic E-state index is 13.0. The van der Waals surface area contributed by atoms with Crippen LogP contribution >= 0.6 is 0 Å². The highest BCUT2D eigenvalue weighted by Crippen LogP contribution is 2.17. The van der Waals surface area contributed by atoms with E-state index in [0.29, 0.717) is 18.5 Å². The first-order valence-corrected chi connectivity index (χ1v) is 6.86. The molecule has 0 aliphatic carbocycles. The second-order valence-corrected chi connectivity index (χ2v) is 4.61. The third kappa shape index (κ3) is 3.36.